The average Bonchev–Trinajstić information content (AvgIpc) is 3.18. The molecule has 4 atom stereocenters. The number of guanidine groups is 1. The molecule has 0 aromatic carbocycles. The summed E-state index contributed by atoms with van der Waals surface area (Å²) in [5.74, 6) is 2.58. The van der Waals surface area contributed by atoms with E-state index in [2.05, 4.69) is 39.6 Å². The van der Waals surface area contributed by atoms with Gasteiger partial charge in [0.2, 0.25) is 0 Å². The summed E-state index contributed by atoms with van der Waals surface area (Å²) in [5.41, 5.74) is 0.157. The van der Waals surface area contributed by atoms with E-state index in [4.69, 9.17) is 4.74 Å². The van der Waals surface area contributed by atoms with Gasteiger partial charge in [0, 0.05) is 43.5 Å². The van der Waals surface area contributed by atoms with Gasteiger partial charge < -0.3 is 15.4 Å². The van der Waals surface area contributed by atoms with Crippen LogP contribution in [0.1, 0.15) is 32.5 Å². The molecule has 1 aromatic heterocycles. The van der Waals surface area contributed by atoms with Crippen molar-refractivity contribution in [1.29, 1.82) is 0 Å². The van der Waals surface area contributed by atoms with Gasteiger partial charge >= 0.3 is 0 Å². The molecule has 1 saturated carbocycles. The SMILES string of the molecule is CN=C(NC1CCc2ncnn2C1)NC1C2CCOC2C1(C)C.I. The zero-order chi connectivity index (χ0) is 16.0. The number of aliphatic imine (C=N–C) groups is 1. The van der Waals surface area contributed by atoms with Crippen LogP contribution in [-0.4, -0.2) is 52.6 Å². The summed E-state index contributed by atoms with van der Waals surface area (Å²) in [5, 5.41) is 11.5. The Kier molecular flexibility index (Phi) is 5.06. The van der Waals surface area contributed by atoms with Crippen molar-refractivity contribution in [2.45, 2.75) is 57.8 Å². The second kappa shape index (κ2) is 6.78. The third-order valence-corrected chi connectivity index (χ3v) is 5.76. The maximum atomic E-state index is 5.87. The second-order valence-electron chi connectivity index (χ2n) is 7.50. The van der Waals surface area contributed by atoms with E-state index in [0.29, 0.717) is 24.1 Å². The molecule has 4 unspecified atom stereocenters. The molecule has 134 valence electrons. The number of fused-ring (bicyclic) bond motifs is 2. The minimum atomic E-state index is 0. The van der Waals surface area contributed by atoms with Gasteiger partial charge in [0.25, 0.3) is 0 Å². The molecule has 24 heavy (non-hydrogen) atoms. The molecule has 1 aliphatic carbocycles. The Hall–Kier alpha value is -0.900. The highest BCUT2D eigenvalue weighted by atomic mass is 127. The van der Waals surface area contributed by atoms with Gasteiger partial charge in [0.15, 0.2) is 5.96 Å². The van der Waals surface area contributed by atoms with Crippen LogP contribution in [0.5, 0.6) is 0 Å². The monoisotopic (exact) mass is 446 g/mol. The van der Waals surface area contributed by atoms with Crippen molar-refractivity contribution in [1.82, 2.24) is 25.4 Å². The predicted molar refractivity (Wildman–Crippen MR) is 103 cm³/mol. The van der Waals surface area contributed by atoms with Crippen molar-refractivity contribution in [2.24, 2.45) is 16.3 Å². The van der Waals surface area contributed by atoms with Crippen LogP contribution in [0, 0.1) is 11.3 Å². The molecule has 3 aliphatic rings. The number of aryl methyl sites for hydroxylation is 1. The summed E-state index contributed by atoms with van der Waals surface area (Å²) < 4.78 is 7.86. The van der Waals surface area contributed by atoms with Gasteiger partial charge in [0.1, 0.15) is 12.2 Å². The van der Waals surface area contributed by atoms with Gasteiger partial charge in [-0.05, 0) is 12.8 Å². The molecule has 0 amide bonds. The fraction of sp³-hybridized carbons (Fsp3) is 0.812. The number of hydrogen-bond acceptors (Lipinski definition) is 4. The summed E-state index contributed by atoms with van der Waals surface area (Å²) in [7, 11) is 1.84. The van der Waals surface area contributed by atoms with E-state index in [0.717, 1.165) is 44.2 Å². The summed E-state index contributed by atoms with van der Waals surface area (Å²) in [6.45, 7) is 6.30. The Morgan fingerprint density at radius 2 is 2.21 bits per heavy atom. The lowest BCUT2D eigenvalue weighted by atomic mass is 9.57. The first-order valence-electron chi connectivity index (χ1n) is 8.57. The molecule has 8 heteroatoms. The molecule has 4 rings (SSSR count). The number of ether oxygens (including phenoxy) is 1. The van der Waals surface area contributed by atoms with Crippen molar-refractivity contribution in [3.8, 4) is 0 Å². The molecular weight excluding hydrogens is 419 g/mol. The van der Waals surface area contributed by atoms with Crippen LogP contribution in [0.4, 0.5) is 0 Å². The third kappa shape index (κ3) is 2.91. The van der Waals surface area contributed by atoms with Crippen LogP contribution in [0.25, 0.3) is 0 Å². The molecule has 1 aromatic rings. The number of aromatic nitrogens is 3. The normalized spacial score (nSPS) is 33.7. The van der Waals surface area contributed by atoms with Crippen LogP contribution in [0.3, 0.4) is 0 Å². The van der Waals surface area contributed by atoms with E-state index in [1.807, 2.05) is 11.7 Å². The Bertz CT molecular complexity index is 615. The summed E-state index contributed by atoms with van der Waals surface area (Å²) in [6.07, 6.45) is 5.20. The summed E-state index contributed by atoms with van der Waals surface area (Å²) >= 11 is 0. The lowest BCUT2D eigenvalue weighted by molar-refractivity contribution is -0.106. The van der Waals surface area contributed by atoms with Crippen LogP contribution < -0.4 is 10.6 Å². The van der Waals surface area contributed by atoms with E-state index in [1.54, 1.807) is 6.33 Å². The maximum Gasteiger partial charge on any atom is 0.191 e. The topological polar surface area (TPSA) is 76.4 Å². The van der Waals surface area contributed by atoms with Gasteiger partial charge in [-0.1, -0.05) is 13.8 Å². The minimum absolute atomic E-state index is 0. The van der Waals surface area contributed by atoms with E-state index in [1.165, 1.54) is 0 Å². The molecule has 2 aliphatic heterocycles. The lowest BCUT2D eigenvalue weighted by Crippen LogP contribution is -2.68. The zero-order valence-corrected chi connectivity index (χ0v) is 16.9. The van der Waals surface area contributed by atoms with Gasteiger partial charge in [-0.25, -0.2) is 9.67 Å². The first kappa shape index (κ1) is 17.9. The average molecular weight is 446 g/mol. The Labute approximate surface area is 160 Å². The highest BCUT2D eigenvalue weighted by Gasteiger charge is 2.59. The van der Waals surface area contributed by atoms with Crippen molar-refractivity contribution in [3.63, 3.8) is 0 Å². The van der Waals surface area contributed by atoms with Crippen LogP contribution in [0.15, 0.2) is 11.3 Å². The number of rotatable bonds is 2. The smallest absolute Gasteiger partial charge is 0.191 e. The zero-order valence-electron chi connectivity index (χ0n) is 14.5. The number of nitrogens with one attached hydrogen (secondary N) is 2. The van der Waals surface area contributed by atoms with Crippen LogP contribution in [0.2, 0.25) is 0 Å². The molecule has 1 saturated heterocycles. The number of hydrogen-bond donors (Lipinski definition) is 2. The predicted octanol–water partition coefficient (Wildman–Crippen LogP) is 1.19. The van der Waals surface area contributed by atoms with E-state index < -0.39 is 0 Å². The Balaban J connectivity index is 0.00000169. The highest BCUT2D eigenvalue weighted by Crippen LogP contribution is 2.52. The Morgan fingerprint density at radius 3 is 3.00 bits per heavy atom. The first-order chi connectivity index (χ1) is 11.1. The fourth-order valence-corrected chi connectivity index (χ4v) is 4.48. The molecule has 7 nitrogen and oxygen atoms in total. The molecule has 3 heterocycles. The van der Waals surface area contributed by atoms with Gasteiger partial charge in [-0.2, -0.15) is 5.10 Å². The highest BCUT2D eigenvalue weighted by molar-refractivity contribution is 14.0. The molecule has 0 bridgehead atoms. The third-order valence-electron chi connectivity index (χ3n) is 5.76. The van der Waals surface area contributed by atoms with E-state index in [-0.39, 0.29) is 29.4 Å². The van der Waals surface area contributed by atoms with Crippen molar-refractivity contribution in [2.75, 3.05) is 13.7 Å². The molecule has 2 fully saturated rings. The first-order valence-corrected chi connectivity index (χ1v) is 8.57. The van der Waals surface area contributed by atoms with E-state index in [9.17, 15) is 0 Å². The van der Waals surface area contributed by atoms with Crippen molar-refractivity contribution in [3.05, 3.63) is 12.2 Å². The number of halogens is 1. The van der Waals surface area contributed by atoms with Gasteiger partial charge in [-0.3, -0.25) is 4.99 Å². The number of nitrogens with zero attached hydrogens (tertiary/aromatic N) is 4. The summed E-state index contributed by atoms with van der Waals surface area (Å²) in [4.78, 5) is 8.72. The fourth-order valence-electron chi connectivity index (χ4n) is 4.48. The largest absolute Gasteiger partial charge is 0.377 e. The molecule has 2 N–H and O–H groups in total. The van der Waals surface area contributed by atoms with Crippen LogP contribution in [-0.2, 0) is 17.7 Å². The van der Waals surface area contributed by atoms with Crippen LogP contribution >= 0.6 is 24.0 Å². The second-order valence-corrected chi connectivity index (χ2v) is 7.50. The van der Waals surface area contributed by atoms with Gasteiger partial charge in [-0.15, -0.1) is 24.0 Å². The molecule has 0 radical (unpaired) electrons. The van der Waals surface area contributed by atoms with E-state index >= 15 is 0 Å². The summed E-state index contributed by atoms with van der Waals surface area (Å²) in [6, 6.07) is 0.765. The van der Waals surface area contributed by atoms with Gasteiger partial charge in [0.05, 0.1) is 12.6 Å². The molecule has 0 spiro atoms. The quantitative estimate of drug-likeness (QED) is 0.406. The Morgan fingerprint density at radius 1 is 1.38 bits per heavy atom. The maximum absolute atomic E-state index is 5.87. The van der Waals surface area contributed by atoms with Crippen molar-refractivity contribution >= 4 is 29.9 Å². The van der Waals surface area contributed by atoms with Crippen molar-refractivity contribution < 1.29 is 4.74 Å². The lowest BCUT2D eigenvalue weighted by Gasteiger charge is -2.55. The minimum Gasteiger partial charge on any atom is -0.377 e. The standard InChI is InChI=1S/C16H26N6O.HI/c1-16(2)13(11-6-7-23-14(11)16)21-15(17-3)20-10-4-5-12-18-9-19-22(12)8-10;/h9-11,13-14H,4-8H2,1-3H3,(H2,17,20,21);1H. The molecular formula is C16H27IN6O.